The highest BCUT2D eigenvalue weighted by Gasteiger charge is 2.50. The van der Waals surface area contributed by atoms with Crippen LogP contribution in [0.3, 0.4) is 0 Å². The number of hydrogen-bond donors (Lipinski definition) is 1. The summed E-state index contributed by atoms with van der Waals surface area (Å²) in [6.45, 7) is 7.97. The van der Waals surface area contributed by atoms with Gasteiger partial charge < -0.3 is 4.90 Å². The molecule has 1 amide bonds. The highest BCUT2D eigenvalue weighted by Crippen LogP contribution is 2.52. The maximum atomic E-state index is 14.3. The lowest BCUT2D eigenvalue weighted by Crippen LogP contribution is -2.57. The van der Waals surface area contributed by atoms with Gasteiger partial charge in [0.15, 0.2) is 0 Å². The summed E-state index contributed by atoms with van der Waals surface area (Å²) in [6.07, 6.45) is 3.81. The van der Waals surface area contributed by atoms with Gasteiger partial charge in [-0.1, -0.05) is 67.4 Å². The zero-order valence-electron chi connectivity index (χ0n) is 21.3. The molecule has 1 aliphatic rings. The minimum Gasteiger partial charge on any atom is -0.330 e. The number of amides is 1. The van der Waals surface area contributed by atoms with Crippen molar-refractivity contribution in [1.82, 2.24) is 9.62 Å². The Morgan fingerprint density at radius 2 is 1.86 bits per heavy atom. The number of halogens is 3. The lowest BCUT2D eigenvalue weighted by molar-refractivity contribution is -0.154. The maximum absolute atomic E-state index is 14.3. The number of nitrogens with zero attached hydrogens (tertiary/aromatic N) is 1. The van der Waals surface area contributed by atoms with Gasteiger partial charge in [0.1, 0.15) is 0 Å². The summed E-state index contributed by atoms with van der Waals surface area (Å²) in [5, 5.41) is 1.23. The topological polar surface area (TPSA) is 66.5 Å². The van der Waals surface area contributed by atoms with E-state index in [9.17, 15) is 13.2 Å². The van der Waals surface area contributed by atoms with Crippen LogP contribution in [0.2, 0.25) is 10.0 Å². The van der Waals surface area contributed by atoms with Crippen LogP contribution >= 0.6 is 34.8 Å². The van der Waals surface area contributed by atoms with Gasteiger partial charge in [-0.25, -0.2) is 13.1 Å². The molecule has 0 aliphatic carbocycles. The van der Waals surface area contributed by atoms with Crippen molar-refractivity contribution in [3.05, 3.63) is 82.4 Å². The van der Waals surface area contributed by atoms with Crippen LogP contribution in [0.15, 0.2) is 61.2 Å². The number of carbonyl (C=O) groups is 1. The van der Waals surface area contributed by atoms with E-state index in [1.165, 1.54) is 0 Å². The number of rotatable bonds is 12. The van der Waals surface area contributed by atoms with Crippen LogP contribution in [0, 0.1) is 5.41 Å². The molecule has 2 aromatic carbocycles. The number of hydrogen-bond acceptors (Lipinski definition) is 3. The summed E-state index contributed by atoms with van der Waals surface area (Å²) in [6, 6.07) is 14.6. The van der Waals surface area contributed by atoms with E-state index >= 15 is 0 Å². The molecule has 2 unspecified atom stereocenters. The van der Waals surface area contributed by atoms with E-state index in [0.29, 0.717) is 35.7 Å². The van der Waals surface area contributed by atoms with E-state index in [4.69, 9.17) is 34.8 Å². The van der Waals surface area contributed by atoms with Crippen molar-refractivity contribution >= 4 is 50.7 Å². The van der Waals surface area contributed by atoms with Crippen molar-refractivity contribution < 1.29 is 13.2 Å². The lowest BCUT2D eigenvalue weighted by Gasteiger charge is -2.52. The number of allylic oxidation sites excluding steroid dienone is 1. The molecule has 202 valence electrons. The van der Waals surface area contributed by atoms with Crippen molar-refractivity contribution in [2.45, 2.75) is 57.5 Å². The maximum Gasteiger partial charge on any atom is 0.229 e. The van der Waals surface area contributed by atoms with Crippen LogP contribution in [0.25, 0.3) is 0 Å². The first-order chi connectivity index (χ1) is 17.5. The Hall–Kier alpha value is -1.57. The van der Waals surface area contributed by atoms with Gasteiger partial charge in [-0.3, -0.25) is 4.79 Å². The molecule has 1 fully saturated rings. The van der Waals surface area contributed by atoms with Gasteiger partial charge in [-0.05, 0) is 61.1 Å². The molecule has 9 heteroatoms. The second-order valence-electron chi connectivity index (χ2n) is 9.90. The summed E-state index contributed by atoms with van der Waals surface area (Å²) >= 11 is 18.3. The Balaban J connectivity index is 2.13. The summed E-state index contributed by atoms with van der Waals surface area (Å²) in [5.41, 5.74) is 1.26. The van der Waals surface area contributed by atoms with Gasteiger partial charge in [0, 0.05) is 34.4 Å². The zero-order chi connectivity index (χ0) is 27.2. The summed E-state index contributed by atoms with van der Waals surface area (Å²) < 4.78 is 27.9. The third-order valence-corrected chi connectivity index (χ3v) is 9.32. The zero-order valence-corrected chi connectivity index (χ0v) is 24.4. The van der Waals surface area contributed by atoms with Crippen molar-refractivity contribution in [3.8, 4) is 0 Å². The molecule has 0 spiro atoms. The van der Waals surface area contributed by atoms with Gasteiger partial charge in [0.2, 0.25) is 15.9 Å². The number of sulfonamides is 1. The summed E-state index contributed by atoms with van der Waals surface area (Å²) in [7, 11) is -3.53. The minimum atomic E-state index is -3.53. The third-order valence-electron chi connectivity index (χ3n) is 7.14. The normalized spacial score (nSPS) is 23.2. The van der Waals surface area contributed by atoms with Crippen LogP contribution in [0.1, 0.15) is 62.6 Å². The average molecular weight is 586 g/mol. The van der Waals surface area contributed by atoms with E-state index < -0.39 is 15.4 Å². The van der Waals surface area contributed by atoms with Crippen molar-refractivity contribution in [2.24, 2.45) is 5.41 Å². The third kappa shape index (κ3) is 7.30. The molecule has 0 bridgehead atoms. The molecule has 37 heavy (non-hydrogen) atoms. The SMILES string of the molecule is C=CC[C@@]1(C)C[C@H](c2cccc(Cl)c2)C(c2ccc(Cl)cc2)N(C(CC)CNS(=O)(=O)CCCCl)C1=O. The van der Waals surface area contributed by atoms with E-state index in [1.807, 2.05) is 67.3 Å². The largest absolute Gasteiger partial charge is 0.330 e. The first-order valence-electron chi connectivity index (χ1n) is 12.5. The van der Waals surface area contributed by atoms with Crippen LogP contribution < -0.4 is 4.72 Å². The molecule has 5 nitrogen and oxygen atoms in total. The minimum absolute atomic E-state index is 0.0163. The average Bonchev–Trinajstić information content (AvgIpc) is 2.86. The smallest absolute Gasteiger partial charge is 0.229 e. The Bertz CT molecular complexity index is 1190. The Morgan fingerprint density at radius 1 is 1.16 bits per heavy atom. The molecular formula is C28H35Cl3N2O3S. The number of piperidine rings is 1. The van der Waals surface area contributed by atoms with Crippen molar-refractivity contribution in [2.75, 3.05) is 18.2 Å². The number of likely N-dealkylation sites (tertiary alicyclic amines) is 1. The monoisotopic (exact) mass is 584 g/mol. The highest BCUT2D eigenvalue weighted by molar-refractivity contribution is 7.89. The molecule has 1 saturated heterocycles. The molecule has 2 aromatic rings. The molecule has 0 saturated carbocycles. The summed E-state index contributed by atoms with van der Waals surface area (Å²) in [5.74, 6) is 0.116. The predicted molar refractivity (Wildman–Crippen MR) is 154 cm³/mol. The number of carbonyl (C=O) groups excluding carboxylic acids is 1. The second-order valence-corrected chi connectivity index (χ2v) is 13.1. The van der Waals surface area contributed by atoms with Crippen LogP contribution in [-0.4, -0.2) is 43.4 Å². The quantitative estimate of drug-likeness (QED) is 0.216. The van der Waals surface area contributed by atoms with Crippen LogP contribution in [0.5, 0.6) is 0 Å². The number of benzene rings is 2. The van der Waals surface area contributed by atoms with Crippen LogP contribution in [-0.2, 0) is 14.8 Å². The molecule has 1 heterocycles. The molecule has 1 N–H and O–H groups in total. The van der Waals surface area contributed by atoms with E-state index in [2.05, 4.69) is 11.3 Å². The first kappa shape index (κ1) is 30.0. The standard InChI is InChI=1S/C28H35Cl3N2O3S/c1-4-14-28(3)18-25(21-8-6-9-23(31)17-21)26(20-10-12-22(30)13-11-20)33(27(28)34)24(5-2)19-32-37(35,36)16-7-15-29/h4,6,8-13,17,24-26,32H,1,5,7,14-16,18-19H2,2-3H3/t24?,25-,26?,28+/m1/s1. The van der Waals surface area contributed by atoms with E-state index in [-0.39, 0.29) is 42.1 Å². The fourth-order valence-electron chi connectivity index (χ4n) is 5.27. The summed E-state index contributed by atoms with van der Waals surface area (Å²) in [4.78, 5) is 16.2. The number of alkyl halides is 1. The van der Waals surface area contributed by atoms with Crippen molar-refractivity contribution in [1.29, 1.82) is 0 Å². The second kappa shape index (κ2) is 13.0. The lowest BCUT2D eigenvalue weighted by atomic mass is 9.67. The Morgan fingerprint density at radius 3 is 2.46 bits per heavy atom. The molecule has 3 rings (SSSR count). The number of nitrogens with one attached hydrogen (secondary N) is 1. The molecule has 1 aliphatic heterocycles. The highest BCUT2D eigenvalue weighted by atomic mass is 35.5. The Labute approximate surface area is 236 Å². The van der Waals surface area contributed by atoms with E-state index in [1.54, 1.807) is 6.08 Å². The fraction of sp³-hybridized carbons (Fsp3) is 0.464. The fourth-order valence-corrected chi connectivity index (χ4v) is 7.00. The molecule has 4 atom stereocenters. The van der Waals surface area contributed by atoms with Gasteiger partial charge >= 0.3 is 0 Å². The first-order valence-corrected chi connectivity index (χ1v) is 15.5. The molecule has 0 aromatic heterocycles. The van der Waals surface area contributed by atoms with Gasteiger partial charge in [-0.2, -0.15) is 0 Å². The van der Waals surface area contributed by atoms with Gasteiger partial charge in [0.05, 0.1) is 17.2 Å². The van der Waals surface area contributed by atoms with Crippen LogP contribution in [0.4, 0.5) is 0 Å². The van der Waals surface area contributed by atoms with Crippen molar-refractivity contribution in [3.63, 3.8) is 0 Å². The van der Waals surface area contributed by atoms with Gasteiger partial charge in [-0.15, -0.1) is 18.2 Å². The predicted octanol–water partition coefficient (Wildman–Crippen LogP) is 6.96. The van der Waals surface area contributed by atoms with Gasteiger partial charge in [0.25, 0.3) is 0 Å². The molecular weight excluding hydrogens is 551 g/mol. The Kier molecular flexibility index (Phi) is 10.5. The molecule has 0 radical (unpaired) electrons. The van der Waals surface area contributed by atoms with E-state index in [0.717, 1.165) is 11.1 Å².